The molecule has 1 amide bonds. The average Bonchev–Trinajstić information content (AvgIpc) is 2.75. The van der Waals surface area contributed by atoms with E-state index in [-0.39, 0.29) is 31.5 Å². The molecule has 2 rings (SSSR count). The summed E-state index contributed by atoms with van der Waals surface area (Å²) in [5, 5.41) is 0. The second-order valence-electron chi connectivity index (χ2n) is 6.31. The van der Waals surface area contributed by atoms with Crippen LogP contribution in [-0.4, -0.2) is 49.7 Å². The number of halogens is 2. The Morgan fingerprint density at radius 1 is 1.17 bits per heavy atom. The van der Waals surface area contributed by atoms with Crippen LogP contribution in [0.2, 0.25) is 0 Å². The lowest BCUT2D eigenvalue weighted by Gasteiger charge is -2.22. The van der Waals surface area contributed by atoms with Gasteiger partial charge >= 0.3 is 0 Å². The Hall–Kier alpha value is -1.54. The molecule has 0 atom stereocenters. The van der Waals surface area contributed by atoms with Gasteiger partial charge in [-0.15, -0.1) is 0 Å². The Bertz CT molecular complexity index is 707. The number of nitrogens with zero attached hydrogens (tertiary/aromatic N) is 2. The van der Waals surface area contributed by atoms with Gasteiger partial charge in [0.15, 0.2) is 0 Å². The molecular weight excluding hydrogens is 338 g/mol. The summed E-state index contributed by atoms with van der Waals surface area (Å²) in [6.07, 6.45) is 0.866. The van der Waals surface area contributed by atoms with E-state index in [0.717, 1.165) is 16.4 Å². The number of hydrogen-bond acceptors (Lipinski definition) is 3. The molecule has 5 nitrogen and oxygen atoms in total. The largest absolute Gasteiger partial charge is 0.341 e. The molecule has 0 bridgehead atoms. The minimum absolute atomic E-state index is 0.0128. The topological polar surface area (TPSA) is 57.7 Å². The maximum atomic E-state index is 13.8. The molecule has 1 saturated heterocycles. The van der Waals surface area contributed by atoms with Crippen LogP contribution in [0.5, 0.6) is 0 Å². The van der Waals surface area contributed by atoms with Crippen LogP contribution in [0.15, 0.2) is 23.1 Å². The molecule has 1 fully saturated rings. The number of rotatable bonds is 4. The van der Waals surface area contributed by atoms with E-state index in [1.54, 1.807) is 4.90 Å². The van der Waals surface area contributed by atoms with Gasteiger partial charge in [0.05, 0.1) is 0 Å². The van der Waals surface area contributed by atoms with Gasteiger partial charge in [0, 0.05) is 32.6 Å². The van der Waals surface area contributed by atoms with E-state index < -0.39 is 26.6 Å². The lowest BCUT2D eigenvalue weighted by atomic mass is 10.1. The summed E-state index contributed by atoms with van der Waals surface area (Å²) < 4.78 is 53.4. The van der Waals surface area contributed by atoms with Crippen molar-refractivity contribution in [1.82, 2.24) is 9.21 Å². The molecule has 0 spiro atoms. The Morgan fingerprint density at radius 3 is 2.54 bits per heavy atom. The molecule has 134 valence electrons. The molecule has 1 heterocycles. The van der Waals surface area contributed by atoms with Crippen LogP contribution in [0.1, 0.15) is 26.7 Å². The molecule has 0 saturated carbocycles. The van der Waals surface area contributed by atoms with Crippen molar-refractivity contribution >= 4 is 15.9 Å². The quantitative estimate of drug-likeness (QED) is 0.827. The van der Waals surface area contributed by atoms with E-state index in [9.17, 15) is 22.0 Å². The van der Waals surface area contributed by atoms with E-state index >= 15 is 0 Å². The van der Waals surface area contributed by atoms with Gasteiger partial charge in [0.2, 0.25) is 15.9 Å². The van der Waals surface area contributed by atoms with Gasteiger partial charge in [-0.25, -0.2) is 17.2 Å². The lowest BCUT2D eigenvalue weighted by molar-refractivity contribution is -0.131. The summed E-state index contributed by atoms with van der Waals surface area (Å²) in [4.78, 5) is 13.1. The monoisotopic (exact) mass is 360 g/mol. The fraction of sp³-hybridized carbons (Fsp3) is 0.562. The minimum atomic E-state index is -4.13. The van der Waals surface area contributed by atoms with E-state index in [2.05, 4.69) is 0 Å². The molecule has 8 heteroatoms. The van der Waals surface area contributed by atoms with Crippen LogP contribution in [0.25, 0.3) is 0 Å². The third-order valence-electron chi connectivity index (χ3n) is 3.90. The molecule has 1 aromatic rings. The van der Waals surface area contributed by atoms with Crippen molar-refractivity contribution in [3.63, 3.8) is 0 Å². The van der Waals surface area contributed by atoms with Crippen LogP contribution in [0.3, 0.4) is 0 Å². The van der Waals surface area contributed by atoms with Gasteiger partial charge in [-0.1, -0.05) is 13.8 Å². The van der Waals surface area contributed by atoms with Gasteiger partial charge in [-0.2, -0.15) is 4.31 Å². The number of carbonyl (C=O) groups is 1. The average molecular weight is 360 g/mol. The fourth-order valence-electron chi connectivity index (χ4n) is 2.68. The van der Waals surface area contributed by atoms with Crippen molar-refractivity contribution in [3.05, 3.63) is 29.8 Å². The Labute approximate surface area is 141 Å². The van der Waals surface area contributed by atoms with Gasteiger partial charge in [0.25, 0.3) is 0 Å². The van der Waals surface area contributed by atoms with Gasteiger partial charge in [0.1, 0.15) is 16.5 Å². The van der Waals surface area contributed by atoms with E-state index in [4.69, 9.17) is 0 Å². The number of carbonyl (C=O) groups excluding carboxylic acids is 1. The van der Waals surface area contributed by atoms with Crippen LogP contribution < -0.4 is 0 Å². The highest BCUT2D eigenvalue weighted by atomic mass is 32.2. The molecule has 0 unspecified atom stereocenters. The van der Waals surface area contributed by atoms with Gasteiger partial charge in [-0.05, 0) is 30.5 Å². The van der Waals surface area contributed by atoms with Crippen LogP contribution in [0, 0.1) is 17.6 Å². The molecule has 1 aliphatic rings. The third kappa shape index (κ3) is 4.30. The fourth-order valence-corrected chi connectivity index (χ4v) is 4.22. The number of amides is 1. The minimum Gasteiger partial charge on any atom is -0.341 e. The van der Waals surface area contributed by atoms with Crippen molar-refractivity contribution in [2.75, 3.05) is 26.2 Å². The Balaban J connectivity index is 2.15. The first-order valence-corrected chi connectivity index (χ1v) is 9.39. The lowest BCUT2D eigenvalue weighted by Crippen LogP contribution is -2.37. The number of sulfonamides is 1. The van der Waals surface area contributed by atoms with Crippen molar-refractivity contribution in [2.24, 2.45) is 5.92 Å². The summed E-state index contributed by atoms with van der Waals surface area (Å²) in [7, 11) is -4.13. The van der Waals surface area contributed by atoms with Gasteiger partial charge in [-0.3, -0.25) is 4.79 Å². The summed E-state index contributed by atoms with van der Waals surface area (Å²) in [6.45, 7) is 4.84. The van der Waals surface area contributed by atoms with E-state index in [1.165, 1.54) is 0 Å². The summed E-state index contributed by atoms with van der Waals surface area (Å²) in [5.74, 6) is -1.57. The summed E-state index contributed by atoms with van der Waals surface area (Å²) in [6, 6.07) is 2.37. The number of hydrogen-bond donors (Lipinski definition) is 0. The van der Waals surface area contributed by atoms with E-state index in [0.29, 0.717) is 25.5 Å². The first-order chi connectivity index (χ1) is 11.2. The SMILES string of the molecule is CC(C)CC(=O)N1CCCN(S(=O)(=O)c2cc(F)ccc2F)CC1. The normalized spacial score (nSPS) is 17.1. The summed E-state index contributed by atoms with van der Waals surface area (Å²) in [5.41, 5.74) is 0. The highest BCUT2D eigenvalue weighted by molar-refractivity contribution is 7.89. The second kappa shape index (κ2) is 7.57. The third-order valence-corrected chi connectivity index (χ3v) is 5.82. The van der Waals surface area contributed by atoms with Crippen molar-refractivity contribution in [1.29, 1.82) is 0 Å². The van der Waals surface area contributed by atoms with Crippen LogP contribution in [0.4, 0.5) is 8.78 Å². The zero-order chi connectivity index (χ0) is 17.9. The molecule has 1 aliphatic heterocycles. The smallest absolute Gasteiger partial charge is 0.246 e. The zero-order valence-electron chi connectivity index (χ0n) is 13.8. The maximum absolute atomic E-state index is 13.8. The zero-order valence-corrected chi connectivity index (χ0v) is 14.7. The molecule has 24 heavy (non-hydrogen) atoms. The molecule has 0 radical (unpaired) electrons. The van der Waals surface area contributed by atoms with Crippen LogP contribution in [-0.2, 0) is 14.8 Å². The highest BCUT2D eigenvalue weighted by Gasteiger charge is 2.30. The standard InChI is InChI=1S/C16H22F2N2O3S/c1-12(2)10-16(21)19-6-3-7-20(9-8-19)24(22,23)15-11-13(17)4-5-14(15)18/h4-5,11-12H,3,6-10H2,1-2H3. The predicted molar refractivity (Wildman–Crippen MR) is 85.8 cm³/mol. The first kappa shape index (κ1) is 18.8. The molecule has 1 aromatic carbocycles. The Kier molecular flexibility index (Phi) is 5.92. The van der Waals surface area contributed by atoms with Crippen molar-refractivity contribution < 1.29 is 22.0 Å². The van der Waals surface area contributed by atoms with Gasteiger partial charge < -0.3 is 4.90 Å². The predicted octanol–water partition coefficient (Wildman–Crippen LogP) is 2.23. The summed E-state index contributed by atoms with van der Waals surface area (Å²) >= 11 is 0. The number of benzene rings is 1. The Morgan fingerprint density at radius 2 is 1.88 bits per heavy atom. The first-order valence-electron chi connectivity index (χ1n) is 7.95. The maximum Gasteiger partial charge on any atom is 0.246 e. The molecular formula is C16H22F2N2O3S. The molecule has 0 N–H and O–H groups in total. The molecule has 0 aliphatic carbocycles. The van der Waals surface area contributed by atoms with Crippen molar-refractivity contribution in [2.45, 2.75) is 31.6 Å². The van der Waals surface area contributed by atoms with Crippen molar-refractivity contribution in [3.8, 4) is 0 Å². The van der Waals surface area contributed by atoms with Crippen LogP contribution >= 0.6 is 0 Å². The highest BCUT2D eigenvalue weighted by Crippen LogP contribution is 2.22. The second-order valence-corrected chi connectivity index (χ2v) is 8.22. The molecule has 0 aromatic heterocycles. The van der Waals surface area contributed by atoms with E-state index in [1.807, 2.05) is 13.8 Å².